The van der Waals surface area contributed by atoms with E-state index in [0.29, 0.717) is 40.7 Å². The van der Waals surface area contributed by atoms with E-state index in [9.17, 15) is 0 Å². The van der Waals surface area contributed by atoms with Crippen molar-refractivity contribution in [2.45, 2.75) is 6.10 Å². The number of hydrogen-bond donors (Lipinski definition) is 2. The third-order valence-electron chi connectivity index (χ3n) is 4.92. The van der Waals surface area contributed by atoms with Crippen LogP contribution in [0.5, 0.6) is 11.6 Å². The number of anilines is 4. The molecule has 1 aliphatic rings. The minimum atomic E-state index is -0.0504. The Labute approximate surface area is 195 Å². The maximum absolute atomic E-state index is 6.10. The molecular formula is C23H22ClN7O2. The van der Waals surface area contributed by atoms with Crippen LogP contribution < -0.4 is 20.1 Å². The average molecular weight is 464 g/mol. The smallest absolute Gasteiger partial charge is 0.257 e. The number of nitrogens with one attached hydrogen (secondary N) is 2. The fourth-order valence-electron chi connectivity index (χ4n) is 3.50. The predicted molar refractivity (Wildman–Crippen MR) is 128 cm³/mol. The highest BCUT2D eigenvalue weighted by atomic mass is 35.5. The Morgan fingerprint density at radius 1 is 1.03 bits per heavy atom. The summed E-state index contributed by atoms with van der Waals surface area (Å²) in [5, 5.41) is 8.01. The van der Waals surface area contributed by atoms with Gasteiger partial charge in [-0.25, -0.2) is 9.97 Å². The maximum atomic E-state index is 6.10. The van der Waals surface area contributed by atoms with E-state index >= 15 is 0 Å². The second kappa shape index (κ2) is 9.05. The molecule has 10 heteroatoms. The second-order valence-corrected chi connectivity index (χ2v) is 8.35. The number of fused-ring (bicyclic) bond motifs is 2. The van der Waals surface area contributed by atoms with Crippen LogP contribution in [0.2, 0.25) is 5.02 Å². The molecule has 0 radical (unpaired) electrons. The number of pyridine rings is 2. The Morgan fingerprint density at radius 2 is 1.88 bits per heavy atom. The number of rotatable bonds is 6. The maximum Gasteiger partial charge on any atom is 0.257 e. The van der Waals surface area contributed by atoms with Crippen molar-refractivity contribution in [2.75, 3.05) is 37.9 Å². The number of nitrogens with zero attached hydrogens (tertiary/aromatic N) is 5. The molecule has 4 heterocycles. The molecule has 0 fully saturated rings. The Balaban J connectivity index is 1.29. The Morgan fingerprint density at radius 3 is 2.76 bits per heavy atom. The molecule has 0 amide bonds. The third kappa shape index (κ3) is 5.05. The standard InChI is InChI=1S/C23H22ClN7O2/c1-31(2)12-18-13-32-20-9-17(11-27-22(20)33-18)29-23-25-6-5-21(30-23)28-16-8-14-7-15(24)3-4-19(14)26-10-16/h3-11,18H,12-13H2,1-2H3,(H2,25,28,29,30). The molecule has 1 unspecified atom stereocenters. The molecule has 9 nitrogen and oxygen atoms in total. The minimum absolute atomic E-state index is 0.0504. The SMILES string of the molecule is CN(C)CC1COc2cc(Nc3nccc(Nc4cnc5ccc(Cl)cc5c4)n3)cnc2O1. The van der Waals surface area contributed by atoms with Crippen LogP contribution in [0.3, 0.4) is 0 Å². The van der Waals surface area contributed by atoms with Gasteiger partial charge in [-0.3, -0.25) is 4.98 Å². The molecule has 1 atom stereocenters. The van der Waals surface area contributed by atoms with Crippen molar-refractivity contribution in [3.63, 3.8) is 0 Å². The van der Waals surface area contributed by atoms with Gasteiger partial charge in [-0.1, -0.05) is 11.6 Å². The van der Waals surface area contributed by atoms with Gasteiger partial charge in [0.05, 0.1) is 29.3 Å². The van der Waals surface area contributed by atoms with Crippen LogP contribution in [0.25, 0.3) is 10.9 Å². The van der Waals surface area contributed by atoms with Crippen molar-refractivity contribution in [1.82, 2.24) is 24.8 Å². The number of halogens is 1. The summed E-state index contributed by atoms with van der Waals surface area (Å²) in [7, 11) is 3.99. The van der Waals surface area contributed by atoms with Gasteiger partial charge in [0.25, 0.3) is 5.88 Å². The van der Waals surface area contributed by atoms with Crippen molar-refractivity contribution >= 4 is 45.6 Å². The lowest BCUT2D eigenvalue weighted by molar-refractivity contribution is 0.0658. The number of benzene rings is 1. The Hall–Kier alpha value is -3.69. The van der Waals surface area contributed by atoms with E-state index in [1.807, 2.05) is 44.4 Å². The average Bonchev–Trinajstić information content (AvgIpc) is 2.79. The lowest BCUT2D eigenvalue weighted by atomic mass is 10.2. The van der Waals surface area contributed by atoms with Crippen molar-refractivity contribution < 1.29 is 9.47 Å². The van der Waals surface area contributed by atoms with Gasteiger partial charge in [0.2, 0.25) is 5.95 Å². The van der Waals surface area contributed by atoms with Crippen LogP contribution >= 0.6 is 11.6 Å². The fourth-order valence-corrected chi connectivity index (χ4v) is 3.68. The van der Waals surface area contributed by atoms with Gasteiger partial charge in [0.1, 0.15) is 18.5 Å². The highest BCUT2D eigenvalue weighted by molar-refractivity contribution is 6.31. The van der Waals surface area contributed by atoms with Crippen LogP contribution in [-0.4, -0.2) is 58.2 Å². The lowest BCUT2D eigenvalue weighted by Gasteiger charge is -2.27. The molecule has 3 aromatic heterocycles. The van der Waals surface area contributed by atoms with E-state index in [2.05, 4.69) is 35.5 Å². The molecule has 0 aliphatic carbocycles. The first-order chi connectivity index (χ1) is 16.0. The molecule has 4 aromatic rings. The summed E-state index contributed by atoms with van der Waals surface area (Å²) in [6.45, 7) is 1.23. The molecule has 0 saturated carbocycles. The summed E-state index contributed by atoms with van der Waals surface area (Å²) in [6.07, 6.45) is 5.03. The third-order valence-corrected chi connectivity index (χ3v) is 5.15. The van der Waals surface area contributed by atoms with Crippen molar-refractivity contribution in [3.8, 4) is 11.6 Å². The fraction of sp³-hybridized carbons (Fsp3) is 0.217. The molecule has 0 spiro atoms. The molecule has 1 aliphatic heterocycles. The Bertz CT molecular complexity index is 1300. The summed E-state index contributed by atoms with van der Waals surface area (Å²) in [5.41, 5.74) is 2.36. The normalized spacial score (nSPS) is 15.0. The number of hydrogen-bond acceptors (Lipinski definition) is 9. The van der Waals surface area contributed by atoms with Crippen LogP contribution in [0.1, 0.15) is 0 Å². The summed E-state index contributed by atoms with van der Waals surface area (Å²) in [6, 6.07) is 11.2. The molecule has 0 saturated heterocycles. The van der Waals surface area contributed by atoms with Gasteiger partial charge in [-0.15, -0.1) is 0 Å². The van der Waals surface area contributed by atoms with E-state index in [4.69, 9.17) is 21.1 Å². The largest absolute Gasteiger partial charge is 0.484 e. The van der Waals surface area contributed by atoms with Crippen LogP contribution in [-0.2, 0) is 0 Å². The Kier molecular flexibility index (Phi) is 5.80. The van der Waals surface area contributed by atoms with E-state index in [-0.39, 0.29) is 6.10 Å². The van der Waals surface area contributed by atoms with Gasteiger partial charge < -0.3 is 25.0 Å². The van der Waals surface area contributed by atoms with Gasteiger partial charge in [-0.05, 0) is 44.4 Å². The van der Waals surface area contributed by atoms with E-state index in [1.54, 1.807) is 24.7 Å². The number of likely N-dealkylation sites (N-methyl/N-ethyl adjacent to an activating group) is 1. The molecule has 1 aromatic carbocycles. The molecule has 33 heavy (non-hydrogen) atoms. The van der Waals surface area contributed by atoms with Crippen LogP contribution in [0.4, 0.5) is 23.1 Å². The first-order valence-electron chi connectivity index (χ1n) is 10.4. The van der Waals surface area contributed by atoms with Gasteiger partial charge >= 0.3 is 0 Å². The topological polar surface area (TPSA) is 97.3 Å². The zero-order valence-electron chi connectivity index (χ0n) is 18.1. The zero-order chi connectivity index (χ0) is 22.8. The van der Waals surface area contributed by atoms with Gasteiger partial charge in [-0.2, -0.15) is 4.98 Å². The van der Waals surface area contributed by atoms with Crippen molar-refractivity contribution in [1.29, 1.82) is 0 Å². The van der Waals surface area contributed by atoms with Crippen LogP contribution in [0, 0.1) is 0 Å². The van der Waals surface area contributed by atoms with E-state index < -0.39 is 0 Å². The van der Waals surface area contributed by atoms with Gasteiger partial charge in [0, 0.05) is 29.2 Å². The highest BCUT2D eigenvalue weighted by Gasteiger charge is 2.23. The van der Waals surface area contributed by atoms with Crippen LogP contribution in [0.15, 0.2) is 55.0 Å². The molecule has 2 N–H and O–H groups in total. The van der Waals surface area contributed by atoms with E-state index in [0.717, 1.165) is 23.1 Å². The van der Waals surface area contributed by atoms with Gasteiger partial charge in [0.15, 0.2) is 5.75 Å². The molecule has 168 valence electrons. The highest BCUT2D eigenvalue weighted by Crippen LogP contribution is 2.32. The van der Waals surface area contributed by atoms with Crippen molar-refractivity contribution in [3.05, 3.63) is 60.0 Å². The minimum Gasteiger partial charge on any atom is -0.484 e. The summed E-state index contributed by atoms with van der Waals surface area (Å²) < 4.78 is 11.7. The second-order valence-electron chi connectivity index (χ2n) is 7.92. The predicted octanol–water partition coefficient (Wildman–Crippen LogP) is 4.26. The monoisotopic (exact) mass is 463 g/mol. The molecule has 5 rings (SSSR count). The van der Waals surface area contributed by atoms with E-state index in [1.165, 1.54) is 0 Å². The quantitative estimate of drug-likeness (QED) is 0.434. The lowest BCUT2D eigenvalue weighted by Crippen LogP contribution is -2.38. The first-order valence-corrected chi connectivity index (χ1v) is 10.8. The summed E-state index contributed by atoms with van der Waals surface area (Å²) >= 11 is 6.10. The van der Waals surface area contributed by atoms with Crippen molar-refractivity contribution in [2.24, 2.45) is 0 Å². The first kappa shape index (κ1) is 21.2. The zero-order valence-corrected chi connectivity index (χ0v) is 18.9. The summed E-state index contributed by atoms with van der Waals surface area (Å²) in [4.78, 5) is 19.7. The number of aromatic nitrogens is 4. The summed E-state index contributed by atoms with van der Waals surface area (Å²) in [5.74, 6) is 2.11. The number of ether oxygens (including phenoxy) is 2. The molecular weight excluding hydrogens is 442 g/mol. The molecule has 0 bridgehead atoms.